The number of carbonyl (C=O) groups excluding carboxylic acids is 1. The lowest BCUT2D eigenvalue weighted by Gasteiger charge is -2.03. The first-order valence-corrected chi connectivity index (χ1v) is 6.64. The molecule has 0 aliphatic heterocycles. The highest BCUT2D eigenvalue weighted by Gasteiger charge is 2.22. The van der Waals surface area contributed by atoms with E-state index in [2.05, 4.69) is 10.4 Å². The molecule has 0 unspecified atom stereocenters. The van der Waals surface area contributed by atoms with E-state index in [1.165, 1.54) is 12.8 Å². The molecule has 1 saturated carbocycles. The standard InChI is InChI=1S/C15H17N3O/c1-11-9-14(15(19)16-10-12-7-8-12)17-18(11)13-5-3-2-4-6-13/h2-6,9,12H,7-8,10H2,1H3,(H,16,19). The number of para-hydroxylation sites is 1. The largest absolute Gasteiger partial charge is 0.350 e. The van der Waals surface area contributed by atoms with Gasteiger partial charge in [-0.25, -0.2) is 4.68 Å². The number of amides is 1. The Bertz CT molecular complexity index is 585. The molecule has 4 nitrogen and oxygen atoms in total. The van der Waals surface area contributed by atoms with E-state index < -0.39 is 0 Å². The highest BCUT2D eigenvalue weighted by Crippen LogP contribution is 2.27. The number of nitrogens with one attached hydrogen (secondary N) is 1. The average molecular weight is 255 g/mol. The molecular weight excluding hydrogens is 238 g/mol. The van der Waals surface area contributed by atoms with Crippen LogP contribution in [-0.2, 0) is 0 Å². The first kappa shape index (κ1) is 12.0. The Morgan fingerprint density at radius 1 is 1.37 bits per heavy atom. The lowest BCUT2D eigenvalue weighted by atomic mass is 10.3. The topological polar surface area (TPSA) is 46.9 Å². The number of hydrogen-bond donors (Lipinski definition) is 1. The SMILES string of the molecule is Cc1cc(C(=O)NCC2CC2)nn1-c1ccccc1. The summed E-state index contributed by atoms with van der Waals surface area (Å²) in [7, 11) is 0. The summed E-state index contributed by atoms with van der Waals surface area (Å²) in [5.74, 6) is 0.603. The molecule has 19 heavy (non-hydrogen) atoms. The maximum atomic E-state index is 12.0. The summed E-state index contributed by atoms with van der Waals surface area (Å²) >= 11 is 0. The number of rotatable bonds is 4. The molecule has 1 aromatic carbocycles. The number of benzene rings is 1. The Labute approximate surface area is 112 Å². The smallest absolute Gasteiger partial charge is 0.271 e. The lowest BCUT2D eigenvalue weighted by molar-refractivity contribution is 0.0946. The van der Waals surface area contributed by atoms with Gasteiger partial charge in [0, 0.05) is 12.2 Å². The van der Waals surface area contributed by atoms with Gasteiger partial charge < -0.3 is 5.32 Å². The van der Waals surface area contributed by atoms with E-state index in [9.17, 15) is 4.79 Å². The van der Waals surface area contributed by atoms with Crippen LogP contribution >= 0.6 is 0 Å². The van der Waals surface area contributed by atoms with E-state index in [0.717, 1.165) is 17.9 Å². The van der Waals surface area contributed by atoms with Crippen molar-refractivity contribution in [3.8, 4) is 5.69 Å². The van der Waals surface area contributed by atoms with Crippen molar-refractivity contribution in [2.45, 2.75) is 19.8 Å². The molecule has 1 aliphatic rings. The van der Waals surface area contributed by atoms with Gasteiger partial charge in [-0.3, -0.25) is 4.79 Å². The van der Waals surface area contributed by atoms with Crippen LogP contribution in [0.4, 0.5) is 0 Å². The van der Waals surface area contributed by atoms with Gasteiger partial charge in [-0.1, -0.05) is 18.2 Å². The Hall–Kier alpha value is -2.10. The van der Waals surface area contributed by atoms with Gasteiger partial charge in [0.05, 0.1) is 5.69 Å². The first-order chi connectivity index (χ1) is 9.24. The summed E-state index contributed by atoms with van der Waals surface area (Å²) in [4.78, 5) is 12.0. The minimum Gasteiger partial charge on any atom is -0.350 e. The average Bonchev–Trinajstić information content (AvgIpc) is 3.18. The maximum absolute atomic E-state index is 12.0. The fourth-order valence-corrected chi connectivity index (χ4v) is 2.07. The highest BCUT2D eigenvalue weighted by atomic mass is 16.1. The second-order valence-electron chi connectivity index (χ2n) is 5.07. The van der Waals surface area contributed by atoms with Crippen molar-refractivity contribution in [3.05, 3.63) is 47.8 Å². The van der Waals surface area contributed by atoms with Gasteiger partial charge in [0.25, 0.3) is 5.91 Å². The van der Waals surface area contributed by atoms with Crippen molar-refractivity contribution in [1.82, 2.24) is 15.1 Å². The van der Waals surface area contributed by atoms with E-state index in [1.807, 2.05) is 43.3 Å². The molecule has 0 spiro atoms. The van der Waals surface area contributed by atoms with Crippen molar-refractivity contribution < 1.29 is 4.79 Å². The molecule has 0 bridgehead atoms. The van der Waals surface area contributed by atoms with E-state index in [0.29, 0.717) is 11.6 Å². The zero-order chi connectivity index (χ0) is 13.2. The van der Waals surface area contributed by atoms with Gasteiger partial charge in [0.15, 0.2) is 5.69 Å². The van der Waals surface area contributed by atoms with Gasteiger partial charge in [0.2, 0.25) is 0 Å². The molecule has 1 heterocycles. The van der Waals surface area contributed by atoms with Gasteiger partial charge in [0.1, 0.15) is 0 Å². The first-order valence-electron chi connectivity index (χ1n) is 6.64. The van der Waals surface area contributed by atoms with E-state index in [4.69, 9.17) is 0 Å². The molecular formula is C15H17N3O. The molecule has 3 rings (SSSR count). The van der Waals surface area contributed by atoms with E-state index in [-0.39, 0.29) is 5.91 Å². The van der Waals surface area contributed by atoms with Crippen LogP contribution in [0.1, 0.15) is 29.0 Å². The minimum atomic E-state index is -0.0790. The van der Waals surface area contributed by atoms with Crippen molar-refractivity contribution in [2.24, 2.45) is 5.92 Å². The second kappa shape index (κ2) is 4.88. The third-order valence-corrected chi connectivity index (χ3v) is 3.37. The molecule has 0 radical (unpaired) electrons. The number of nitrogens with zero attached hydrogens (tertiary/aromatic N) is 2. The molecule has 1 fully saturated rings. The summed E-state index contributed by atoms with van der Waals surface area (Å²) in [6, 6.07) is 11.7. The third-order valence-electron chi connectivity index (χ3n) is 3.37. The van der Waals surface area contributed by atoms with Crippen LogP contribution in [0.5, 0.6) is 0 Å². The lowest BCUT2D eigenvalue weighted by Crippen LogP contribution is -2.26. The van der Waals surface area contributed by atoms with Crippen molar-refractivity contribution >= 4 is 5.91 Å². The van der Waals surface area contributed by atoms with Crippen LogP contribution in [0.3, 0.4) is 0 Å². The molecule has 1 aliphatic carbocycles. The molecule has 2 aromatic rings. The van der Waals surface area contributed by atoms with Crippen molar-refractivity contribution in [3.63, 3.8) is 0 Å². The van der Waals surface area contributed by atoms with Crippen LogP contribution < -0.4 is 5.32 Å². The van der Waals surface area contributed by atoms with E-state index >= 15 is 0 Å². The fraction of sp³-hybridized carbons (Fsp3) is 0.333. The molecule has 98 valence electrons. The minimum absolute atomic E-state index is 0.0790. The number of aromatic nitrogens is 2. The maximum Gasteiger partial charge on any atom is 0.271 e. The van der Waals surface area contributed by atoms with Crippen molar-refractivity contribution in [1.29, 1.82) is 0 Å². The van der Waals surface area contributed by atoms with Crippen LogP contribution in [0.15, 0.2) is 36.4 Å². The van der Waals surface area contributed by atoms with Crippen LogP contribution in [0, 0.1) is 12.8 Å². The Morgan fingerprint density at radius 3 is 2.79 bits per heavy atom. The van der Waals surface area contributed by atoms with Gasteiger partial charge in [-0.2, -0.15) is 5.10 Å². The van der Waals surface area contributed by atoms with Crippen molar-refractivity contribution in [2.75, 3.05) is 6.54 Å². The molecule has 4 heteroatoms. The molecule has 0 saturated heterocycles. The summed E-state index contributed by atoms with van der Waals surface area (Å²) in [5.41, 5.74) is 2.42. The Morgan fingerprint density at radius 2 is 2.11 bits per heavy atom. The predicted molar refractivity (Wildman–Crippen MR) is 73.4 cm³/mol. The zero-order valence-electron chi connectivity index (χ0n) is 11.0. The quantitative estimate of drug-likeness (QED) is 0.911. The van der Waals surface area contributed by atoms with Crippen LogP contribution in [0.25, 0.3) is 5.69 Å². The fourth-order valence-electron chi connectivity index (χ4n) is 2.07. The normalized spacial score (nSPS) is 14.4. The molecule has 1 aromatic heterocycles. The van der Waals surface area contributed by atoms with Crippen LogP contribution in [0.2, 0.25) is 0 Å². The van der Waals surface area contributed by atoms with E-state index in [1.54, 1.807) is 4.68 Å². The monoisotopic (exact) mass is 255 g/mol. The van der Waals surface area contributed by atoms with Gasteiger partial charge in [-0.15, -0.1) is 0 Å². The second-order valence-corrected chi connectivity index (χ2v) is 5.07. The summed E-state index contributed by atoms with van der Waals surface area (Å²) < 4.78 is 1.80. The number of hydrogen-bond acceptors (Lipinski definition) is 2. The Kier molecular flexibility index (Phi) is 3.07. The van der Waals surface area contributed by atoms with Crippen LogP contribution in [-0.4, -0.2) is 22.2 Å². The number of aryl methyl sites for hydroxylation is 1. The molecule has 0 atom stereocenters. The number of carbonyl (C=O) groups is 1. The Balaban J connectivity index is 1.78. The third kappa shape index (κ3) is 2.67. The van der Waals surface area contributed by atoms with Gasteiger partial charge >= 0.3 is 0 Å². The molecule has 1 N–H and O–H groups in total. The highest BCUT2D eigenvalue weighted by molar-refractivity contribution is 5.92. The predicted octanol–water partition coefficient (Wildman–Crippen LogP) is 2.32. The summed E-state index contributed by atoms with van der Waals surface area (Å²) in [5, 5.41) is 7.32. The summed E-state index contributed by atoms with van der Waals surface area (Å²) in [6.07, 6.45) is 2.47. The molecule has 1 amide bonds. The van der Waals surface area contributed by atoms with Gasteiger partial charge in [-0.05, 0) is 43.9 Å². The summed E-state index contributed by atoms with van der Waals surface area (Å²) in [6.45, 7) is 2.73. The zero-order valence-corrected chi connectivity index (χ0v) is 11.0.